The molecule has 1 fully saturated rings. The van der Waals surface area contributed by atoms with E-state index in [-0.39, 0.29) is 5.91 Å². The molecule has 0 atom stereocenters. The van der Waals surface area contributed by atoms with Crippen molar-refractivity contribution in [3.05, 3.63) is 42.2 Å². The van der Waals surface area contributed by atoms with Gasteiger partial charge in [-0.15, -0.1) is 0 Å². The Hall–Kier alpha value is -2.83. The quantitative estimate of drug-likeness (QED) is 0.815. The summed E-state index contributed by atoms with van der Waals surface area (Å²) in [7, 11) is 5.53. The predicted molar refractivity (Wildman–Crippen MR) is 102 cm³/mol. The van der Waals surface area contributed by atoms with E-state index in [1.807, 2.05) is 59.1 Å². The molecular weight excluding hydrogens is 330 g/mol. The van der Waals surface area contributed by atoms with E-state index in [2.05, 4.69) is 9.97 Å². The molecule has 2 aromatic rings. The molecule has 1 saturated heterocycles. The van der Waals surface area contributed by atoms with E-state index in [9.17, 15) is 4.79 Å². The molecular formula is C19H25N5O2. The second kappa shape index (κ2) is 8.03. The van der Waals surface area contributed by atoms with Crippen molar-refractivity contribution in [2.45, 2.75) is 13.0 Å². The van der Waals surface area contributed by atoms with Gasteiger partial charge in [0.15, 0.2) is 0 Å². The first kappa shape index (κ1) is 18.0. The average molecular weight is 355 g/mol. The van der Waals surface area contributed by atoms with Crippen LogP contribution in [0.15, 0.2) is 36.7 Å². The highest BCUT2D eigenvalue weighted by molar-refractivity contribution is 5.81. The summed E-state index contributed by atoms with van der Waals surface area (Å²) < 4.78 is 5.19. The van der Waals surface area contributed by atoms with Crippen LogP contribution >= 0.6 is 0 Å². The van der Waals surface area contributed by atoms with Gasteiger partial charge in [0.05, 0.1) is 13.7 Å². The van der Waals surface area contributed by atoms with Crippen LogP contribution in [0.3, 0.4) is 0 Å². The highest BCUT2D eigenvalue weighted by atomic mass is 16.5. The second-order valence-electron chi connectivity index (χ2n) is 6.57. The van der Waals surface area contributed by atoms with Crippen molar-refractivity contribution in [3.63, 3.8) is 0 Å². The van der Waals surface area contributed by atoms with Crippen molar-refractivity contribution < 1.29 is 9.53 Å². The van der Waals surface area contributed by atoms with Crippen LogP contribution in [0.25, 0.3) is 0 Å². The van der Waals surface area contributed by atoms with Gasteiger partial charge in [0, 0.05) is 39.8 Å². The zero-order chi connectivity index (χ0) is 18.5. The number of aromatic nitrogens is 2. The molecule has 0 N–H and O–H groups in total. The van der Waals surface area contributed by atoms with Crippen LogP contribution in [0, 0.1) is 0 Å². The van der Waals surface area contributed by atoms with Crippen molar-refractivity contribution in [3.8, 4) is 5.75 Å². The fraction of sp³-hybridized carbons (Fsp3) is 0.421. The fourth-order valence-corrected chi connectivity index (χ4v) is 2.99. The van der Waals surface area contributed by atoms with Crippen molar-refractivity contribution >= 4 is 17.5 Å². The molecule has 138 valence electrons. The SMILES string of the molecule is COc1ccc(CN2CCCN(c3cc(N(C)C)ncn3)CC2=O)cc1. The third kappa shape index (κ3) is 4.22. The minimum atomic E-state index is 0.114. The fourth-order valence-electron chi connectivity index (χ4n) is 2.99. The van der Waals surface area contributed by atoms with Crippen LogP contribution < -0.4 is 14.5 Å². The number of anilines is 2. The molecule has 0 aliphatic carbocycles. The molecule has 1 amide bonds. The predicted octanol–water partition coefficient (Wildman–Crippen LogP) is 1.79. The van der Waals surface area contributed by atoms with Crippen LogP contribution in [-0.2, 0) is 11.3 Å². The molecule has 0 bridgehead atoms. The van der Waals surface area contributed by atoms with E-state index < -0.39 is 0 Å². The van der Waals surface area contributed by atoms with Crippen LogP contribution in [0.2, 0.25) is 0 Å². The number of nitrogens with zero attached hydrogens (tertiary/aromatic N) is 5. The smallest absolute Gasteiger partial charge is 0.242 e. The summed E-state index contributed by atoms with van der Waals surface area (Å²) in [5, 5.41) is 0. The summed E-state index contributed by atoms with van der Waals surface area (Å²) in [4.78, 5) is 27.2. The molecule has 0 saturated carbocycles. The van der Waals surface area contributed by atoms with Gasteiger partial charge >= 0.3 is 0 Å². The second-order valence-corrected chi connectivity index (χ2v) is 6.57. The van der Waals surface area contributed by atoms with Gasteiger partial charge < -0.3 is 19.4 Å². The maximum absolute atomic E-state index is 12.8. The zero-order valence-corrected chi connectivity index (χ0v) is 15.6. The van der Waals surface area contributed by atoms with Crippen LogP contribution in [0.4, 0.5) is 11.6 Å². The van der Waals surface area contributed by atoms with Gasteiger partial charge in [0.25, 0.3) is 0 Å². The molecule has 1 aliphatic rings. The minimum absolute atomic E-state index is 0.114. The number of carbonyl (C=O) groups excluding carboxylic acids is 1. The lowest BCUT2D eigenvalue weighted by molar-refractivity contribution is -0.129. The first-order valence-electron chi connectivity index (χ1n) is 8.72. The van der Waals surface area contributed by atoms with Crippen molar-refractivity contribution in [2.24, 2.45) is 0 Å². The van der Waals surface area contributed by atoms with E-state index >= 15 is 0 Å². The molecule has 1 aromatic carbocycles. The molecule has 2 heterocycles. The van der Waals surface area contributed by atoms with E-state index in [0.29, 0.717) is 13.1 Å². The summed E-state index contributed by atoms with van der Waals surface area (Å²) in [5.74, 6) is 2.57. The maximum Gasteiger partial charge on any atom is 0.242 e. The van der Waals surface area contributed by atoms with Gasteiger partial charge in [-0.1, -0.05) is 12.1 Å². The minimum Gasteiger partial charge on any atom is -0.497 e. The normalized spacial score (nSPS) is 15.0. The summed E-state index contributed by atoms with van der Waals surface area (Å²) >= 11 is 0. The Morgan fingerprint density at radius 3 is 2.62 bits per heavy atom. The van der Waals surface area contributed by atoms with Crippen LogP contribution in [0.5, 0.6) is 5.75 Å². The molecule has 0 spiro atoms. The Labute approximate surface area is 154 Å². The highest BCUT2D eigenvalue weighted by Gasteiger charge is 2.23. The topological polar surface area (TPSA) is 61.8 Å². The number of methoxy groups -OCH3 is 1. The number of amides is 1. The third-order valence-corrected chi connectivity index (χ3v) is 4.49. The molecule has 3 rings (SSSR count). The summed E-state index contributed by atoms with van der Waals surface area (Å²) in [6.07, 6.45) is 2.46. The Kier molecular flexibility index (Phi) is 5.55. The van der Waals surface area contributed by atoms with Crippen molar-refractivity contribution in [2.75, 3.05) is 50.6 Å². The van der Waals surface area contributed by atoms with Crippen LogP contribution in [0.1, 0.15) is 12.0 Å². The van der Waals surface area contributed by atoms with Crippen molar-refractivity contribution in [1.29, 1.82) is 0 Å². The van der Waals surface area contributed by atoms with E-state index in [4.69, 9.17) is 4.74 Å². The summed E-state index contributed by atoms with van der Waals surface area (Å²) in [6, 6.07) is 9.78. The number of benzene rings is 1. The monoisotopic (exact) mass is 355 g/mol. The first-order valence-corrected chi connectivity index (χ1v) is 8.72. The molecule has 0 unspecified atom stereocenters. The first-order chi connectivity index (χ1) is 12.6. The standard InChI is InChI=1S/C19H25N5O2/c1-22(2)17-11-18(21-14-20-17)23-9-4-10-24(19(25)13-23)12-15-5-7-16(26-3)8-6-15/h5-8,11,14H,4,9-10,12-13H2,1-3H3. The summed E-state index contributed by atoms with van der Waals surface area (Å²) in [6.45, 7) is 2.49. The lowest BCUT2D eigenvalue weighted by Crippen LogP contribution is -2.36. The molecule has 7 heteroatoms. The van der Waals surface area contributed by atoms with Crippen molar-refractivity contribution in [1.82, 2.24) is 14.9 Å². The maximum atomic E-state index is 12.8. The van der Waals surface area contributed by atoms with Gasteiger partial charge in [-0.3, -0.25) is 4.79 Å². The molecule has 1 aliphatic heterocycles. The van der Waals surface area contributed by atoms with Gasteiger partial charge in [-0.05, 0) is 24.1 Å². The number of hydrogen-bond donors (Lipinski definition) is 0. The van der Waals surface area contributed by atoms with Gasteiger partial charge in [0.1, 0.15) is 23.7 Å². The largest absolute Gasteiger partial charge is 0.497 e. The Bertz CT molecular complexity index is 748. The number of carbonyl (C=O) groups is 1. The lowest BCUT2D eigenvalue weighted by Gasteiger charge is -2.23. The molecule has 1 aromatic heterocycles. The highest BCUT2D eigenvalue weighted by Crippen LogP contribution is 2.19. The molecule has 7 nitrogen and oxygen atoms in total. The van der Waals surface area contributed by atoms with E-state index in [1.54, 1.807) is 13.4 Å². The van der Waals surface area contributed by atoms with Gasteiger partial charge in [-0.25, -0.2) is 9.97 Å². The van der Waals surface area contributed by atoms with E-state index in [0.717, 1.165) is 42.5 Å². The Morgan fingerprint density at radius 1 is 1.15 bits per heavy atom. The summed E-state index contributed by atoms with van der Waals surface area (Å²) in [5.41, 5.74) is 1.10. The van der Waals surface area contributed by atoms with Crippen LogP contribution in [-0.4, -0.2) is 61.6 Å². The third-order valence-electron chi connectivity index (χ3n) is 4.49. The van der Waals surface area contributed by atoms with Gasteiger partial charge in [-0.2, -0.15) is 0 Å². The van der Waals surface area contributed by atoms with E-state index in [1.165, 1.54) is 0 Å². The number of rotatable bonds is 5. The zero-order valence-electron chi connectivity index (χ0n) is 15.6. The average Bonchev–Trinajstić information content (AvgIpc) is 2.84. The molecule has 0 radical (unpaired) electrons. The molecule has 26 heavy (non-hydrogen) atoms. The number of hydrogen-bond acceptors (Lipinski definition) is 6. The lowest BCUT2D eigenvalue weighted by atomic mass is 10.2. The number of ether oxygens (including phenoxy) is 1. The Morgan fingerprint density at radius 2 is 1.92 bits per heavy atom. The Balaban J connectivity index is 1.68. The van der Waals surface area contributed by atoms with Gasteiger partial charge in [0.2, 0.25) is 5.91 Å².